The smallest absolute Gasteiger partial charge is 0.0251 e. The van der Waals surface area contributed by atoms with Crippen LogP contribution in [0.15, 0.2) is 23.1 Å². The maximum atomic E-state index is 3.79. The van der Waals surface area contributed by atoms with Crippen molar-refractivity contribution >= 4 is 11.8 Å². The van der Waals surface area contributed by atoms with Gasteiger partial charge in [-0.3, -0.25) is 0 Å². The predicted octanol–water partition coefficient (Wildman–Crippen LogP) is 5.34. The van der Waals surface area contributed by atoms with E-state index in [2.05, 4.69) is 63.0 Å². The van der Waals surface area contributed by atoms with Crippen LogP contribution in [0.5, 0.6) is 0 Å². The van der Waals surface area contributed by atoms with E-state index in [1.165, 1.54) is 48.1 Å². The third kappa shape index (κ3) is 4.75. The van der Waals surface area contributed by atoms with Gasteiger partial charge in [-0.2, -0.15) is 0 Å². The van der Waals surface area contributed by atoms with E-state index in [9.17, 15) is 0 Å². The highest BCUT2D eigenvalue weighted by molar-refractivity contribution is 8.00. The molecule has 118 valence electrons. The summed E-state index contributed by atoms with van der Waals surface area (Å²) < 4.78 is 0. The minimum atomic E-state index is 0.694. The number of rotatable bonds is 6. The largest absolute Gasteiger partial charge is 0.313 e. The summed E-state index contributed by atoms with van der Waals surface area (Å²) in [6, 6.07) is 7.64. The summed E-state index contributed by atoms with van der Waals surface area (Å²) in [5.41, 5.74) is 2.82. The molecule has 2 heteroatoms. The monoisotopic (exact) mass is 305 g/mol. The minimum Gasteiger partial charge on any atom is -0.313 e. The Bertz CT molecular complexity index is 443. The van der Waals surface area contributed by atoms with Gasteiger partial charge < -0.3 is 5.32 Å². The molecule has 1 aromatic carbocycles. The standard InChI is InChI=1S/C19H31NS/c1-5-11-20-18-10-8-16(6-2)13-19(18)21-17-9-7-14(3)15(4)12-17/h7,9,12,16,18-20H,5-6,8,10-11,13H2,1-4H3. The quantitative estimate of drug-likeness (QED) is 0.761. The first-order valence-electron chi connectivity index (χ1n) is 8.61. The molecule has 1 fully saturated rings. The average molecular weight is 306 g/mol. The molecule has 0 saturated heterocycles. The van der Waals surface area contributed by atoms with Gasteiger partial charge in [0.25, 0.3) is 0 Å². The van der Waals surface area contributed by atoms with Crippen molar-refractivity contribution < 1.29 is 0 Å². The molecular weight excluding hydrogens is 274 g/mol. The van der Waals surface area contributed by atoms with Crippen LogP contribution in [0.4, 0.5) is 0 Å². The Kier molecular flexibility index (Phi) is 6.63. The Hall–Kier alpha value is -0.470. The van der Waals surface area contributed by atoms with Crippen molar-refractivity contribution in [3.8, 4) is 0 Å². The molecule has 1 aliphatic carbocycles. The van der Waals surface area contributed by atoms with Gasteiger partial charge >= 0.3 is 0 Å². The van der Waals surface area contributed by atoms with Gasteiger partial charge in [-0.05, 0) is 75.3 Å². The van der Waals surface area contributed by atoms with Crippen molar-refractivity contribution in [3.05, 3.63) is 29.3 Å². The Labute approximate surface area is 135 Å². The molecule has 1 saturated carbocycles. The van der Waals surface area contributed by atoms with Crippen molar-refractivity contribution in [1.29, 1.82) is 0 Å². The zero-order valence-electron chi connectivity index (χ0n) is 14.1. The van der Waals surface area contributed by atoms with Crippen LogP contribution in [-0.4, -0.2) is 17.8 Å². The zero-order valence-corrected chi connectivity index (χ0v) is 14.9. The highest BCUT2D eigenvalue weighted by Gasteiger charge is 2.30. The van der Waals surface area contributed by atoms with Crippen LogP contribution in [-0.2, 0) is 0 Å². The molecule has 0 spiro atoms. The average Bonchev–Trinajstić information content (AvgIpc) is 2.49. The molecule has 1 aliphatic rings. The molecule has 0 bridgehead atoms. The fourth-order valence-corrected chi connectivity index (χ4v) is 4.74. The Morgan fingerprint density at radius 1 is 1.14 bits per heavy atom. The van der Waals surface area contributed by atoms with Crippen LogP contribution in [0, 0.1) is 19.8 Å². The predicted molar refractivity (Wildman–Crippen MR) is 95.3 cm³/mol. The number of nitrogens with one attached hydrogen (secondary N) is 1. The van der Waals surface area contributed by atoms with E-state index in [0.717, 1.165) is 17.7 Å². The van der Waals surface area contributed by atoms with Gasteiger partial charge in [0.15, 0.2) is 0 Å². The molecule has 0 aromatic heterocycles. The van der Waals surface area contributed by atoms with E-state index >= 15 is 0 Å². The van der Waals surface area contributed by atoms with Gasteiger partial charge in [0.05, 0.1) is 0 Å². The van der Waals surface area contributed by atoms with Gasteiger partial charge in [-0.25, -0.2) is 0 Å². The molecular formula is C19H31NS. The SMILES string of the molecule is CCCNC1CCC(CC)CC1Sc1ccc(C)c(C)c1. The van der Waals surface area contributed by atoms with Gasteiger partial charge in [-0.1, -0.05) is 26.3 Å². The molecule has 0 radical (unpaired) electrons. The Morgan fingerprint density at radius 3 is 2.62 bits per heavy atom. The van der Waals surface area contributed by atoms with Crippen LogP contribution >= 0.6 is 11.8 Å². The molecule has 1 N–H and O–H groups in total. The fourth-order valence-electron chi connectivity index (χ4n) is 3.24. The lowest BCUT2D eigenvalue weighted by Gasteiger charge is -2.36. The Morgan fingerprint density at radius 2 is 1.95 bits per heavy atom. The first-order valence-corrected chi connectivity index (χ1v) is 9.49. The van der Waals surface area contributed by atoms with Crippen LogP contribution < -0.4 is 5.32 Å². The van der Waals surface area contributed by atoms with Crippen molar-refractivity contribution in [2.75, 3.05) is 6.54 Å². The zero-order chi connectivity index (χ0) is 15.2. The number of thioether (sulfide) groups is 1. The number of hydrogen-bond acceptors (Lipinski definition) is 2. The highest BCUT2D eigenvalue weighted by Crippen LogP contribution is 2.38. The summed E-state index contributed by atoms with van der Waals surface area (Å²) in [5.74, 6) is 0.925. The van der Waals surface area contributed by atoms with E-state index in [-0.39, 0.29) is 0 Å². The summed E-state index contributed by atoms with van der Waals surface area (Å²) in [4.78, 5) is 1.45. The second kappa shape index (κ2) is 8.24. The third-order valence-corrected chi connectivity index (χ3v) is 6.25. The van der Waals surface area contributed by atoms with Crippen LogP contribution in [0.3, 0.4) is 0 Å². The number of benzene rings is 1. The first kappa shape index (κ1) is 16.9. The number of aryl methyl sites for hydroxylation is 2. The normalized spacial score (nSPS) is 26.0. The molecule has 0 amide bonds. The van der Waals surface area contributed by atoms with Crippen molar-refractivity contribution in [2.24, 2.45) is 5.92 Å². The van der Waals surface area contributed by atoms with Crippen molar-refractivity contribution in [2.45, 2.75) is 76.0 Å². The molecule has 2 rings (SSSR count). The van der Waals surface area contributed by atoms with Crippen LogP contribution in [0.25, 0.3) is 0 Å². The van der Waals surface area contributed by atoms with Gasteiger partial charge in [0, 0.05) is 16.2 Å². The van der Waals surface area contributed by atoms with Crippen molar-refractivity contribution in [3.63, 3.8) is 0 Å². The second-order valence-electron chi connectivity index (χ2n) is 6.55. The molecule has 0 heterocycles. The van der Waals surface area contributed by atoms with E-state index in [1.54, 1.807) is 0 Å². The third-order valence-electron chi connectivity index (χ3n) is 4.90. The fraction of sp³-hybridized carbons (Fsp3) is 0.684. The van der Waals surface area contributed by atoms with E-state index in [4.69, 9.17) is 0 Å². The van der Waals surface area contributed by atoms with Crippen molar-refractivity contribution in [1.82, 2.24) is 5.32 Å². The molecule has 3 atom stereocenters. The summed E-state index contributed by atoms with van der Waals surface area (Å²) in [6.45, 7) is 10.2. The lowest BCUT2D eigenvalue weighted by Crippen LogP contribution is -2.42. The number of hydrogen-bond donors (Lipinski definition) is 1. The molecule has 1 aromatic rings. The molecule has 3 unspecified atom stereocenters. The summed E-state index contributed by atoms with van der Waals surface area (Å²) in [6.07, 6.45) is 6.69. The highest BCUT2D eigenvalue weighted by atomic mass is 32.2. The van der Waals surface area contributed by atoms with Crippen LogP contribution in [0.2, 0.25) is 0 Å². The van der Waals surface area contributed by atoms with E-state index in [0.29, 0.717) is 6.04 Å². The lowest BCUT2D eigenvalue weighted by molar-refractivity contribution is 0.295. The molecule has 21 heavy (non-hydrogen) atoms. The van der Waals surface area contributed by atoms with Gasteiger partial charge in [0.2, 0.25) is 0 Å². The molecule has 0 aliphatic heterocycles. The topological polar surface area (TPSA) is 12.0 Å². The van der Waals surface area contributed by atoms with Crippen LogP contribution in [0.1, 0.15) is 57.1 Å². The summed E-state index contributed by atoms with van der Waals surface area (Å²) in [7, 11) is 0. The first-order chi connectivity index (χ1) is 10.1. The maximum absolute atomic E-state index is 3.79. The lowest BCUT2D eigenvalue weighted by atomic mass is 9.84. The summed E-state index contributed by atoms with van der Waals surface area (Å²) in [5, 5.41) is 4.53. The van der Waals surface area contributed by atoms with Gasteiger partial charge in [0.1, 0.15) is 0 Å². The maximum Gasteiger partial charge on any atom is 0.0251 e. The summed E-state index contributed by atoms with van der Waals surface area (Å²) >= 11 is 2.10. The Balaban J connectivity index is 2.05. The van der Waals surface area contributed by atoms with Gasteiger partial charge in [-0.15, -0.1) is 11.8 Å². The molecule has 1 nitrogen and oxygen atoms in total. The van der Waals surface area contributed by atoms with E-state index in [1.807, 2.05) is 0 Å². The second-order valence-corrected chi connectivity index (χ2v) is 7.86. The van der Waals surface area contributed by atoms with E-state index < -0.39 is 0 Å². The minimum absolute atomic E-state index is 0.694.